The summed E-state index contributed by atoms with van der Waals surface area (Å²) in [5.74, 6) is 0.732. The first-order chi connectivity index (χ1) is 12.6. The molecule has 26 heavy (non-hydrogen) atoms. The normalized spacial score (nSPS) is 14.9. The number of rotatable bonds is 5. The first-order valence-corrected chi connectivity index (χ1v) is 8.92. The lowest BCUT2D eigenvalue weighted by molar-refractivity contribution is 0.0643. The SMILES string of the molecule is CCN1CCN(C(=O)c2ccc(Nc3ccc(C(C)=O)cc3)nc2)CC1. The number of hydrogen-bond acceptors (Lipinski definition) is 5. The number of pyridine rings is 1. The van der Waals surface area contributed by atoms with E-state index in [0.29, 0.717) is 16.9 Å². The van der Waals surface area contributed by atoms with E-state index in [9.17, 15) is 9.59 Å². The van der Waals surface area contributed by atoms with E-state index in [-0.39, 0.29) is 11.7 Å². The van der Waals surface area contributed by atoms with Crippen molar-refractivity contribution in [2.75, 3.05) is 38.0 Å². The van der Waals surface area contributed by atoms with E-state index >= 15 is 0 Å². The van der Waals surface area contributed by atoms with Crippen LogP contribution in [0.15, 0.2) is 42.6 Å². The van der Waals surface area contributed by atoms with Gasteiger partial charge in [-0.2, -0.15) is 0 Å². The first-order valence-electron chi connectivity index (χ1n) is 8.92. The molecular formula is C20H24N4O2. The Morgan fingerprint density at radius 1 is 1.00 bits per heavy atom. The van der Waals surface area contributed by atoms with Crippen LogP contribution in [0.25, 0.3) is 0 Å². The number of nitrogens with one attached hydrogen (secondary N) is 1. The summed E-state index contributed by atoms with van der Waals surface area (Å²) in [6, 6.07) is 10.8. The van der Waals surface area contributed by atoms with E-state index in [1.54, 1.807) is 37.4 Å². The fourth-order valence-electron chi connectivity index (χ4n) is 2.98. The lowest BCUT2D eigenvalue weighted by atomic mass is 10.1. The molecular weight excluding hydrogens is 328 g/mol. The third-order valence-corrected chi connectivity index (χ3v) is 4.68. The second kappa shape index (κ2) is 8.10. The largest absolute Gasteiger partial charge is 0.340 e. The van der Waals surface area contributed by atoms with Gasteiger partial charge in [0, 0.05) is 43.6 Å². The zero-order chi connectivity index (χ0) is 18.5. The Morgan fingerprint density at radius 3 is 2.19 bits per heavy atom. The number of benzene rings is 1. The van der Waals surface area contributed by atoms with Crippen LogP contribution in [0.5, 0.6) is 0 Å². The van der Waals surface area contributed by atoms with Crippen molar-refractivity contribution in [1.29, 1.82) is 0 Å². The molecule has 1 aromatic heterocycles. The van der Waals surface area contributed by atoms with E-state index in [1.165, 1.54) is 0 Å². The number of amides is 1. The van der Waals surface area contributed by atoms with E-state index in [0.717, 1.165) is 38.4 Å². The molecule has 0 spiro atoms. The van der Waals surface area contributed by atoms with Crippen molar-refractivity contribution in [3.05, 3.63) is 53.7 Å². The van der Waals surface area contributed by atoms with Crippen molar-refractivity contribution >= 4 is 23.2 Å². The van der Waals surface area contributed by atoms with Gasteiger partial charge in [-0.25, -0.2) is 4.98 Å². The van der Waals surface area contributed by atoms with Crippen LogP contribution >= 0.6 is 0 Å². The van der Waals surface area contributed by atoms with Gasteiger partial charge in [0.15, 0.2) is 5.78 Å². The molecule has 0 atom stereocenters. The maximum Gasteiger partial charge on any atom is 0.255 e. The van der Waals surface area contributed by atoms with Gasteiger partial charge in [0.1, 0.15) is 5.82 Å². The summed E-state index contributed by atoms with van der Waals surface area (Å²) in [6.07, 6.45) is 1.61. The summed E-state index contributed by atoms with van der Waals surface area (Å²) in [5.41, 5.74) is 2.12. The van der Waals surface area contributed by atoms with Crippen molar-refractivity contribution in [3.8, 4) is 0 Å². The zero-order valence-corrected chi connectivity index (χ0v) is 15.2. The van der Waals surface area contributed by atoms with E-state index in [4.69, 9.17) is 0 Å². The molecule has 1 saturated heterocycles. The fraction of sp³-hybridized carbons (Fsp3) is 0.350. The minimum atomic E-state index is 0.0330. The molecule has 2 aromatic rings. The molecule has 1 N–H and O–H groups in total. The van der Waals surface area contributed by atoms with E-state index in [2.05, 4.69) is 22.1 Å². The highest BCUT2D eigenvalue weighted by atomic mass is 16.2. The standard InChI is InChI=1S/C20H24N4O2/c1-3-23-10-12-24(13-11-23)20(26)17-6-9-19(21-14-17)22-18-7-4-16(5-8-18)15(2)25/h4-9,14H,3,10-13H2,1-2H3,(H,21,22). The highest BCUT2D eigenvalue weighted by Crippen LogP contribution is 2.17. The monoisotopic (exact) mass is 352 g/mol. The quantitative estimate of drug-likeness (QED) is 0.838. The average molecular weight is 352 g/mol. The number of ketones is 1. The molecule has 6 nitrogen and oxygen atoms in total. The molecule has 3 rings (SSSR count). The zero-order valence-electron chi connectivity index (χ0n) is 15.2. The Bertz CT molecular complexity index is 763. The molecule has 0 bridgehead atoms. The molecule has 0 saturated carbocycles. The van der Waals surface area contributed by atoms with Crippen LogP contribution in [-0.2, 0) is 0 Å². The molecule has 0 radical (unpaired) electrons. The van der Waals surface area contributed by atoms with Gasteiger partial charge in [-0.15, -0.1) is 0 Å². The molecule has 0 unspecified atom stereocenters. The second-order valence-corrected chi connectivity index (χ2v) is 6.42. The highest BCUT2D eigenvalue weighted by molar-refractivity contribution is 5.95. The Kier molecular flexibility index (Phi) is 5.63. The summed E-state index contributed by atoms with van der Waals surface area (Å²) in [5, 5.41) is 3.18. The van der Waals surface area contributed by atoms with Crippen LogP contribution in [0.2, 0.25) is 0 Å². The summed E-state index contributed by atoms with van der Waals surface area (Å²) in [6.45, 7) is 8.07. The Labute approximate surface area is 153 Å². The Balaban J connectivity index is 1.61. The first kappa shape index (κ1) is 18.1. The van der Waals surface area contributed by atoms with Crippen molar-refractivity contribution in [2.45, 2.75) is 13.8 Å². The number of carbonyl (C=O) groups is 2. The van der Waals surface area contributed by atoms with Crippen LogP contribution in [0.4, 0.5) is 11.5 Å². The number of Topliss-reactive ketones (excluding diaryl/α,β-unsaturated/α-hetero) is 1. The van der Waals surface area contributed by atoms with Crippen molar-refractivity contribution in [2.24, 2.45) is 0 Å². The number of aromatic nitrogens is 1. The number of anilines is 2. The van der Waals surface area contributed by atoms with Crippen LogP contribution in [0.1, 0.15) is 34.6 Å². The van der Waals surface area contributed by atoms with Gasteiger partial charge in [0.2, 0.25) is 0 Å². The predicted molar refractivity (Wildman–Crippen MR) is 102 cm³/mol. The van der Waals surface area contributed by atoms with Crippen molar-refractivity contribution < 1.29 is 9.59 Å². The number of carbonyl (C=O) groups excluding carboxylic acids is 2. The molecule has 2 heterocycles. The lowest BCUT2D eigenvalue weighted by Gasteiger charge is -2.34. The van der Waals surface area contributed by atoms with E-state index in [1.807, 2.05) is 17.0 Å². The van der Waals surface area contributed by atoms with Crippen molar-refractivity contribution in [1.82, 2.24) is 14.8 Å². The average Bonchev–Trinajstić information content (AvgIpc) is 2.68. The maximum absolute atomic E-state index is 12.6. The fourth-order valence-corrected chi connectivity index (χ4v) is 2.98. The summed E-state index contributed by atoms with van der Waals surface area (Å²) in [7, 11) is 0. The molecule has 1 fully saturated rings. The third kappa shape index (κ3) is 4.26. The molecule has 1 amide bonds. The topological polar surface area (TPSA) is 65.5 Å². The maximum atomic E-state index is 12.6. The van der Waals surface area contributed by atoms with Gasteiger partial charge >= 0.3 is 0 Å². The summed E-state index contributed by atoms with van der Waals surface area (Å²) >= 11 is 0. The van der Waals surface area contributed by atoms with Gasteiger partial charge in [-0.1, -0.05) is 6.92 Å². The van der Waals surface area contributed by atoms with Gasteiger partial charge < -0.3 is 15.1 Å². The number of piperazine rings is 1. The lowest BCUT2D eigenvalue weighted by Crippen LogP contribution is -2.48. The smallest absolute Gasteiger partial charge is 0.255 e. The second-order valence-electron chi connectivity index (χ2n) is 6.42. The number of likely N-dealkylation sites (N-methyl/N-ethyl adjacent to an activating group) is 1. The summed E-state index contributed by atoms with van der Waals surface area (Å²) in [4.78, 5) is 32.5. The third-order valence-electron chi connectivity index (χ3n) is 4.68. The van der Waals surface area contributed by atoms with Crippen molar-refractivity contribution in [3.63, 3.8) is 0 Å². The minimum absolute atomic E-state index is 0.0330. The van der Waals surface area contributed by atoms with Gasteiger partial charge in [-0.3, -0.25) is 9.59 Å². The summed E-state index contributed by atoms with van der Waals surface area (Å²) < 4.78 is 0. The van der Waals surface area contributed by atoms with Crippen LogP contribution in [-0.4, -0.2) is 59.2 Å². The predicted octanol–water partition coefficient (Wildman–Crippen LogP) is 2.81. The van der Waals surface area contributed by atoms with Crippen LogP contribution < -0.4 is 5.32 Å². The molecule has 1 aliphatic heterocycles. The van der Waals surface area contributed by atoms with Gasteiger partial charge in [-0.05, 0) is 49.9 Å². The highest BCUT2D eigenvalue weighted by Gasteiger charge is 2.21. The molecule has 0 aliphatic carbocycles. The van der Waals surface area contributed by atoms with E-state index < -0.39 is 0 Å². The molecule has 136 valence electrons. The van der Waals surface area contributed by atoms with Gasteiger partial charge in [0.25, 0.3) is 5.91 Å². The van der Waals surface area contributed by atoms with Gasteiger partial charge in [0.05, 0.1) is 5.56 Å². The molecule has 1 aliphatic rings. The Morgan fingerprint density at radius 2 is 1.65 bits per heavy atom. The van der Waals surface area contributed by atoms with Crippen LogP contribution in [0, 0.1) is 0 Å². The molecule has 1 aromatic carbocycles. The Hall–Kier alpha value is -2.73. The number of hydrogen-bond donors (Lipinski definition) is 1. The number of nitrogens with zero attached hydrogens (tertiary/aromatic N) is 3. The van der Waals surface area contributed by atoms with Crippen LogP contribution in [0.3, 0.4) is 0 Å². The molecule has 6 heteroatoms. The minimum Gasteiger partial charge on any atom is -0.340 e.